The van der Waals surface area contributed by atoms with Gasteiger partial charge in [0.25, 0.3) is 5.91 Å². The molecule has 0 radical (unpaired) electrons. The normalized spacial score (nSPS) is 11.4. The number of ether oxygens (including phenoxy) is 1. The molecule has 0 bridgehead atoms. The van der Waals surface area contributed by atoms with Crippen molar-refractivity contribution >= 4 is 33.5 Å². The number of sulfonamides is 1. The molecule has 0 heterocycles. The Hall–Kier alpha value is -1.64. The summed E-state index contributed by atoms with van der Waals surface area (Å²) >= 11 is 5.90. The van der Waals surface area contributed by atoms with Crippen LogP contribution in [0, 0.1) is 5.92 Å². The standard InChI is InChI=1S/C15H21ClN2O5S/c1-10(2)6-7-18-14(19)9-23-15(20)12-8-11(4-5-13(12)16)24(21,22)17-3/h4-5,8,10,17H,6-7,9H2,1-3H3,(H,18,19). The first kappa shape index (κ1) is 20.4. The minimum atomic E-state index is -3.72. The van der Waals surface area contributed by atoms with Crippen molar-refractivity contribution in [3.05, 3.63) is 28.8 Å². The van der Waals surface area contributed by atoms with Crippen molar-refractivity contribution in [2.75, 3.05) is 20.2 Å². The topological polar surface area (TPSA) is 102 Å². The summed E-state index contributed by atoms with van der Waals surface area (Å²) in [5.41, 5.74) is -0.122. The third-order valence-electron chi connectivity index (χ3n) is 3.11. The molecule has 7 nitrogen and oxygen atoms in total. The number of rotatable bonds is 8. The molecular formula is C15H21ClN2O5S. The fraction of sp³-hybridized carbons (Fsp3) is 0.467. The maximum absolute atomic E-state index is 12.0. The minimum absolute atomic E-state index is 0.0373. The second kappa shape index (κ2) is 9.00. The molecule has 0 aliphatic rings. The smallest absolute Gasteiger partial charge is 0.340 e. The Morgan fingerprint density at radius 2 is 1.96 bits per heavy atom. The largest absolute Gasteiger partial charge is 0.452 e. The number of amides is 1. The third kappa shape index (κ3) is 6.10. The molecule has 0 aliphatic carbocycles. The van der Waals surface area contributed by atoms with E-state index in [-0.39, 0.29) is 15.5 Å². The summed E-state index contributed by atoms with van der Waals surface area (Å²) in [6.07, 6.45) is 0.815. The van der Waals surface area contributed by atoms with Crippen LogP contribution >= 0.6 is 11.6 Å². The molecule has 134 valence electrons. The average Bonchev–Trinajstić information content (AvgIpc) is 2.52. The molecule has 24 heavy (non-hydrogen) atoms. The summed E-state index contributed by atoms with van der Waals surface area (Å²) in [4.78, 5) is 23.5. The minimum Gasteiger partial charge on any atom is -0.452 e. The lowest BCUT2D eigenvalue weighted by atomic mass is 10.1. The van der Waals surface area contributed by atoms with Gasteiger partial charge < -0.3 is 10.1 Å². The van der Waals surface area contributed by atoms with E-state index in [9.17, 15) is 18.0 Å². The Labute approximate surface area is 146 Å². The van der Waals surface area contributed by atoms with E-state index < -0.39 is 28.5 Å². The van der Waals surface area contributed by atoms with E-state index in [4.69, 9.17) is 16.3 Å². The van der Waals surface area contributed by atoms with Gasteiger partial charge in [-0.3, -0.25) is 4.79 Å². The molecule has 1 aromatic carbocycles. The van der Waals surface area contributed by atoms with Crippen molar-refractivity contribution in [1.29, 1.82) is 0 Å². The number of halogens is 1. The Morgan fingerprint density at radius 1 is 1.29 bits per heavy atom. The van der Waals surface area contributed by atoms with Crippen LogP contribution < -0.4 is 10.0 Å². The molecule has 1 aromatic rings. The highest BCUT2D eigenvalue weighted by Crippen LogP contribution is 2.21. The highest BCUT2D eigenvalue weighted by molar-refractivity contribution is 7.89. The van der Waals surface area contributed by atoms with Crippen LogP contribution in [0.15, 0.2) is 23.1 Å². The molecule has 1 rings (SSSR count). The van der Waals surface area contributed by atoms with E-state index in [1.807, 2.05) is 13.8 Å². The van der Waals surface area contributed by atoms with Gasteiger partial charge in [0.2, 0.25) is 10.0 Å². The third-order valence-corrected chi connectivity index (χ3v) is 4.86. The van der Waals surface area contributed by atoms with Crippen molar-refractivity contribution in [3.8, 4) is 0 Å². The van der Waals surface area contributed by atoms with Gasteiger partial charge in [0.15, 0.2) is 6.61 Å². The fourth-order valence-corrected chi connectivity index (χ4v) is 2.66. The van der Waals surface area contributed by atoms with Gasteiger partial charge in [-0.2, -0.15) is 0 Å². The Bertz CT molecular complexity index is 704. The van der Waals surface area contributed by atoms with Gasteiger partial charge in [-0.25, -0.2) is 17.9 Å². The van der Waals surface area contributed by atoms with Crippen LogP contribution in [0.2, 0.25) is 5.02 Å². The summed E-state index contributed by atoms with van der Waals surface area (Å²) in [5.74, 6) is -0.852. The number of nitrogens with one attached hydrogen (secondary N) is 2. The van der Waals surface area contributed by atoms with Gasteiger partial charge in [-0.1, -0.05) is 25.4 Å². The number of benzene rings is 1. The van der Waals surface area contributed by atoms with E-state index in [2.05, 4.69) is 10.0 Å². The highest BCUT2D eigenvalue weighted by Gasteiger charge is 2.19. The molecule has 0 unspecified atom stereocenters. The number of carbonyl (C=O) groups is 2. The zero-order chi connectivity index (χ0) is 18.3. The molecule has 1 amide bonds. The van der Waals surface area contributed by atoms with E-state index >= 15 is 0 Å². The number of hydrogen-bond acceptors (Lipinski definition) is 5. The van der Waals surface area contributed by atoms with Crippen LogP contribution in [0.4, 0.5) is 0 Å². The van der Waals surface area contributed by atoms with Gasteiger partial charge >= 0.3 is 5.97 Å². The molecular weight excluding hydrogens is 356 g/mol. The van der Waals surface area contributed by atoms with Crippen LogP contribution in [0.25, 0.3) is 0 Å². The molecule has 0 fully saturated rings. The van der Waals surface area contributed by atoms with Crippen LogP contribution in [-0.2, 0) is 19.6 Å². The van der Waals surface area contributed by atoms with Gasteiger partial charge in [0, 0.05) is 6.54 Å². The lowest BCUT2D eigenvalue weighted by molar-refractivity contribution is -0.124. The van der Waals surface area contributed by atoms with Crippen molar-refractivity contribution in [3.63, 3.8) is 0 Å². The fourth-order valence-electron chi connectivity index (χ4n) is 1.71. The first-order chi connectivity index (χ1) is 11.2. The summed E-state index contributed by atoms with van der Waals surface area (Å²) in [6, 6.07) is 3.65. The van der Waals surface area contributed by atoms with Crippen molar-refractivity contribution < 1.29 is 22.7 Å². The van der Waals surface area contributed by atoms with E-state index in [0.29, 0.717) is 12.5 Å². The van der Waals surface area contributed by atoms with Gasteiger partial charge in [-0.15, -0.1) is 0 Å². The molecule has 0 saturated heterocycles. The molecule has 0 saturated carbocycles. The Morgan fingerprint density at radius 3 is 2.54 bits per heavy atom. The number of hydrogen-bond donors (Lipinski definition) is 2. The lowest BCUT2D eigenvalue weighted by Gasteiger charge is -2.10. The predicted octanol–water partition coefficient (Wildman–Crippen LogP) is 1.57. The molecule has 0 aliphatic heterocycles. The number of carbonyl (C=O) groups excluding carboxylic acids is 2. The highest BCUT2D eigenvalue weighted by atomic mass is 35.5. The average molecular weight is 377 g/mol. The van der Waals surface area contributed by atoms with Crippen molar-refractivity contribution in [1.82, 2.24) is 10.0 Å². The van der Waals surface area contributed by atoms with E-state index in [1.165, 1.54) is 19.2 Å². The lowest BCUT2D eigenvalue weighted by Crippen LogP contribution is -2.30. The van der Waals surface area contributed by atoms with Gasteiger partial charge in [0.1, 0.15) is 0 Å². The van der Waals surface area contributed by atoms with Gasteiger partial charge in [-0.05, 0) is 37.6 Å². The second-order valence-electron chi connectivity index (χ2n) is 5.46. The van der Waals surface area contributed by atoms with E-state index in [0.717, 1.165) is 12.5 Å². The van der Waals surface area contributed by atoms with Crippen LogP contribution in [0.1, 0.15) is 30.6 Å². The molecule has 0 spiro atoms. The monoisotopic (exact) mass is 376 g/mol. The quantitative estimate of drug-likeness (QED) is 0.670. The molecule has 2 N–H and O–H groups in total. The molecule has 0 atom stereocenters. The summed E-state index contributed by atoms with van der Waals surface area (Å²) < 4.78 is 30.5. The zero-order valence-electron chi connectivity index (χ0n) is 13.8. The molecule has 9 heteroatoms. The van der Waals surface area contributed by atoms with Crippen molar-refractivity contribution in [2.45, 2.75) is 25.2 Å². The first-order valence-corrected chi connectivity index (χ1v) is 9.20. The Kier molecular flexibility index (Phi) is 7.65. The second-order valence-corrected chi connectivity index (χ2v) is 7.75. The summed E-state index contributed by atoms with van der Waals surface area (Å²) in [6.45, 7) is 4.09. The van der Waals surface area contributed by atoms with Crippen LogP contribution in [0.3, 0.4) is 0 Å². The predicted molar refractivity (Wildman–Crippen MR) is 90.4 cm³/mol. The maximum atomic E-state index is 12.0. The van der Waals surface area contributed by atoms with Crippen LogP contribution in [-0.4, -0.2) is 40.5 Å². The van der Waals surface area contributed by atoms with Crippen LogP contribution in [0.5, 0.6) is 0 Å². The number of esters is 1. The Balaban J connectivity index is 2.71. The zero-order valence-corrected chi connectivity index (χ0v) is 15.3. The SMILES string of the molecule is CNS(=O)(=O)c1ccc(Cl)c(C(=O)OCC(=O)NCCC(C)C)c1. The van der Waals surface area contributed by atoms with E-state index in [1.54, 1.807) is 0 Å². The summed E-state index contributed by atoms with van der Waals surface area (Å²) in [7, 11) is -2.46. The first-order valence-electron chi connectivity index (χ1n) is 7.34. The van der Waals surface area contributed by atoms with Gasteiger partial charge in [0.05, 0.1) is 15.5 Å². The van der Waals surface area contributed by atoms with Crippen molar-refractivity contribution in [2.24, 2.45) is 5.92 Å². The maximum Gasteiger partial charge on any atom is 0.340 e. The molecule has 0 aromatic heterocycles. The summed E-state index contributed by atoms with van der Waals surface area (Å²) in [5, 5.41) is 2.66.